The molecule has 0 atom stereocenters. The van der Waals surface area contributed by atoms with E-state index in [2.05, 4.69) is 10.3 Å². The number of phenols is 1. The second-order valence-corrected chi connectivity index (χ2v) is 6.11. The maximum atomic E-state index is 12.3. The summed E-state index contributed by atoms with van der Waals surface area (Å²) < 4.78 is 11.2. The molecule has 2 N–H and O–H groups in total. The second kappa shape index (κ2) is 6.76. The summed E-state index contributed by atoms with van der Waals surface area (Å²) in [5.74, 6) is 1.21. The van der Waals surface area contributed by atoms with Crippen molar-refractivity contribution >= 4 is 27.5 Å². The molecule has 0 radical (unpaired) electrons. The molecule has 24 heavy (non-hydrogen) atoms. The van der Waals surface area contributed by atoms with E-state index in [4.69, 9.17) is 9.47 Å². The quantitative estimate of drug-likeness (QED) is 0.744. The van der Waals surface area contributed by atoms with E-state index in [0.29, 0.717) is 28.6 Å². The van der Waals surface area contributed by atoms with Gasteiger partial charge in [-0.15, -0.1) is 11.3 Å². The van der Waals surface area contributed by atoms with E-state index in [1.807, 2.05) is 12.1 Å². The van der Waals surface area contributed by atoms with Gasteiger partial charge in [-0.1, -0.05) is 0 Å². The fraction of sp³-hybridized carbons (Fsp3) is 0.176. The van der Waals surface area contributed by atoms with E-state index in [9.17, 15) is 9.90 Å². The van der Waals surface area contributed by atoms with Gasteiger partial charge in [0.15, 0.2) is 5.01 Å². The Bertz CT molecular complexity index is 869. The van der Waals surface area contributed by atoms with Crippen molar-refractivity contribution in [2.24, 2.45) is 0 Å². The molecule has 2 aromatic carbocycles. The first kappa shape index (κ1) is 16.1. The molecule has 3 aromatic rings. The fourth-order valence-corrected chi connectivity index (χ4v) is 3.15. The lowest BCUT2D eigenvalue weighted by Gasteiger charge is -2.09. The lowest BCUT2D eigenvalue weighted by molar-refractivity contribution is 0.0950. The lowest BCUT2D eigenvalue weighted by Crippen LogP contribution is -2.22. The Morgan fingerprint density at radius 3 is 2.54 bits per heavy atom. The molecular formula is C17H16N2O4S. The van der Waals surface area contributed by atoms with Crippen LogP contribution in [-0.2, 0) is 6.54 Å². The number of methoxy groups -OCH3 is 2. The van der Waals surface area contributed by atoms with Crippen molar-refractivity contribution in [3.8, 4) is 17.2 Å². The van der Waals surface area contributed by atoms with E-state index < -0.39 is 0 Å². The molecule has 0 bridgehead atoms. The van der Waals surface area contributed by atoms with E-state index in [-0.39, 0.29) is 11.7 Å². The van der Waals surface area contributed by atoms with Crippen LogP contribution in [0.3, 0.4) is 0 Å². The number of ether oxygens (including phenoxy) is 2. The summed E-state index contributed by atoms with van der Waals surface area (Å²) in [5.41, 5.74) is 1.55. The van der Waals surface area contributed by atoms with Gasteiger partial charge in [-0.2, -0.15) is 0 Å². The standard InChI is InChI=1S/C17H16N2O4S/c1-22-12-5-10(6-13(8-12)23-2)9-18-16(21)17-19-14-4-3-11(20)7-15(14)24-17/h3-8,20H,9H2,1-2H3,(H,18,21). The highest BCUT2D eigenvalue weighted by molar-refractivity contribution is 7.20. The van der Waals surface area contributed by atoms with Crippen molar-refractivity contribution in [3.63, 3.8) is 0 Å². The number of fused-ring (bicyclic) bond motifs is 1. The molecule has 0 unspecified atom stereocenters. The average Bonchev–Trinajstić information content (AvgIpc) is 3.02. The van der Waals surface area contributed by atoms with Gasteiger partial charge in [-0.3, -0.25) is 4.79 Å². The van der Waals surface area contributed by atoms with Gasteiger partial charge in [0.1, 0.15) is 17.2 Å². The molecule has 1 amide bonds. The Labute approximate surface area is 142 Å². The van der Waals surface area contributed by atoms with E-state index in [1.54, 1.807) is 38.5 Å². The average molecular weight is 344 g/mol. The highest BCUT2D eigenvalue weighted by Crippen LogP contribution is 2.26. The maximum Gasteiger partial charge on any atom is 0.280 e. The number of amides is 1. The SMILES string of the molecule is COc1cc(CNC(=O)c2nc3ccc(O)cc3s2)cc(OC)c1. The lowest BCUT2D eigenvalue weighted by atomic mass is 10.2. The second-order valence-electron chi connectivity index (χ2n) is 5.07. The third-order valence-electron chi connectivity index (χ3n) is 3.43. The summed E-state index contributed by atoms with van der Waals surface area (Å²) in [7, 11) is 3.15. The van der Waals surface area contributed by atoms with Crippen LogP contribution >= 0.6 is 11.3 Å². The van der Waals surface area contributed by atoms with Crippen molar-refractivity contribution in [1.29, 1.82) is 0 Å². The first-order chi connectivity index (χ1) is 11.6. The third-order valence-corrected chi connectivity index (χ3v) is 4.45. The number of aromatic nitrogens is 1. The van der Waals surface area contributed by atoms with Gasteiger partial charge in [-0.25, -0.2) is 4.98 Å². The molecule has 0 spiro atoms. The summed E-state index contributed by atoms with van der Waals surface area (Å²) in [6.07, 6.45) is 0. The fourth-order valence-electron chi connectivity index (χ4n) is 2.24. The highest BCUT2D eigenvalue weighted by atomic mass is 32.1. The highest BCUT2D eigenvalue weighted by Gasteiger charge is 2.13. The van der Waals surface area contributed by atoms with Crippen LogP contribution in [0.15, 0.2) is 36.4 Å². The molecule has 3 rings (SSSR count). The summed E-state index contributed by atoms with van der Waals surface area (Å²) in [6, 6.07) is 10.3. The molecule has 0 fully saturated rings. The van der Waals surface area contributed by atoms with E-state index >= 15 is 0 Å². The molecule has 0 aliphatic carbocycles. The van der Waals surface area contributed by atoms with Crippen molar-refractivity contribution in [2.45, 2.75) is 6.54 Å². The normalized spacial score (nSPS) is 10.6. The zero-order valence-corrected chi connectivity index (χ0v) is 14.0. The Hall–Kier alpha value is -2.80. The number of carbonyl (C=O) groups is 1. The van der Waals surface area contributed by atoms with Crippen molar-refractivity contribution in [1.82, 2.24) is 10.3 Å². The van der Waals surface area contributed by atoms with Crippen LogP contribution in [0.5, 0.6) is 17.2 Å². The van der Waals surface area contributed by atoms with Gasteiger partial charge in [0.05, 0.1) is 24.4 Å². The van der Waals surface area contributed by atoms with Gasteiger partial charge in [0.2, 0.25) is 0 Å². The molecule has 1 aromatic heterocycles. The number of benzene rings is 2. The zero-order chi connectivity index (χ0) is 17.1. The Morgan fingerprint density at radius 2 is 1.88 bits per heavy atom. The predicted molar refractivity (Wildman–Crippen MR) is 92.0 cm³/mol. The van der Waals surface area contributed by atoms with Gasteiger partial charge < -0.3 is 19.9 Å². The monoisotopic (exact) mass is 344 g/mol. The first-order valence-electron chi connectivity index (χ1n) is 7.19. The Kier molecular flexibility index (Phi) is 4.52. The number of phenolic OH excluding ortho intramolecular Hbond substituents is 1. The number of rotatable bonds is 5. The minimum absolute atomic E-state index is 0.154. The number of nitrogens with zero attached hydrogens (tertiary/aromatic N) is 1. The summed E-state index contributed by atoms with van der Waals surface area (Å²) in [4.78, 5) is 16.6. The van der Waals surface area contributed by atoms with Crippen molar-refractivity contribution < 1.29 is 19.4 Å². The number of carbonyl (C=O) groups excluding carboxylic acids is 1. The predicted octanol–water partition coefficient (Wildman–Crippen LogP) is 2.95. The summed E-state index contributed by atoms with van der Waals surface area (Å²) in [5, 5.41) is 12.7. The molecule has 0 aliphatic rings. The van der Waals surface area contributed by atoms with Crippen LogP contribution in [0.2, 0.25) is 0 Å². The largest absolute Gasteiger partial charge is 0.508 e. The summed E-state index contributed by atoms with van der Waals surface area (Å²) in [6.45, 7) is 0.327. The van der Waals surface area contributed by atoms with Crippen LogP contribution in [0.1, 0.15) is 15.4 Å². The van der Waals surface area contributed by atoms with Gasteiger partial charge in [0.25, 0.3) is 5.91 Å². The molecule has 1 heterocycles. The maximum absolute atomic E-state index is 12.3. The van der Waals surface area contributed by atoms with Crippen LogP contribution in [0.4, 0.5) is 0 Å². The minimum atomic E-state index is -0.266. The smallest absolute Gasteiger partial charge is 0.280 e. The van der Waals surface area contributed by atoms with E-state index in [0.717, 1.165) is 10.3 Å². The number of hydrogen-bond acceptors (Lipinski definition) is 6. The third kappa shape index (κ3) is 3.41. The van der Waals surface area contributed by atoms with Crippen LogP contribution in [-0.4, -0.2) is 30.2 Å². The van der Waals surface area contributed by atoms with Crippen LogP contribution in [0.25, 0.3) is 10.2 Å². The van der Waals surface area contributed by atoms with E-state index in [1.165, 1.54) is 11.3 Å². The topological polar surface area (TPSA) is 80.7 Å². The molecule has 7 heteroatoms. The Morgan fingerprint density at radius 1 is 1.17 bits per heavy atom. The molecular weight excluding hydrogens is 328 g/mol. The van der Waals surface area contributed by atoms with Crippen molar-refractivity contribution in [3.05, 3.63) is 47.0 Å². The number of hydrogen-bond donors (Lipinski definition) is 2. The number of aromatic hydroxyl groups is 1. The first-order valence-corrected chi connectivity index (χ1v) is 8.00. The molecule has 0 saturated heterocycles. The van der Waals surface area contributed by atoms with Gasteiger partial charge in [0, 0.05) is 12.6 Å². The van der Waals surface area contributed by atoms with Crippen LogP contribution in [0, 0.1) is 0 Å². The van der Waals surface area contributed by atoms with Gasteiger partial charge >= 0.3 is 0 Å². The number of nitrogens with one attached hydrogen (secondary N) is 1. The molecule has 0 saturated carbocycles. The summed E-state index contributed by atoms with van der Waals surface area (Å²) >= 11 is 1.24. The van der Waals surface area contributed by atoms with Crippen LogP contribution < -0.4 is 14.8 Å². The van der Waals surface area contributed by atoms with Gasteiger partial charge in [-0.05, 0) is 35.9 Å². The molecule has 0 aliphatic heterocycles. The Balaban J connectivity index is 1.74. The minimum Gasteiger partial charge on any atom is -0.508 e. The number of thiazole rings is 1. The molecule has 6 nitrogen and oxygen atoms in total. The zero-order valence-electron chi connectivity index (χ0n) is 13.2. The molecule has 124 valence electrons. The van der Waals surface area contributed by atoms with Crippen molar-refractivity contribution in [2.75, 3.05) is 14.2 Å².